The number of anilines is 2. The summed E-state index contributed by atoms with van der Waals surface area (Å²) in [6.45, 7) is 12.1. The van der Waals surface area contributed by atoms with E-state index in [2.05, 4.69) is 91.6 Å². The maximum atomic E-state index is 9.58. The number of piperidine rings is 2. The predicted molar refractivity (Wildman–Crippen MR) is 283 cm³/mol. The van der Waals surface area contributed by atoms with Crippen molar-refractivity contribution in [2.24, 2.45) is 11.8 Å². The molecule has 10 rings (SSSR count). The standard InChI is InChI=1S/C24H29N7OS2.C14H23N3O.C10H7BrN4S2/c1-4-5-17-12-26-22(27-13-17)30-10-8-18(9-11-30)16(2)32-24-29-31-15-20(28-23(31)34-24)19-6-7-21(33-3)25-14-19;1-3-4-12-9-15-14(16-10-12)17-7-5-13(6-8-17)11(2)18;1-16-8-3-2-6(4-12-8)7-5-15-10(13-7)17-9(11)14-15/h6-7,12-16,18H,4-5,8-11H2,1-3H3;9-11,13,18H,3-8H2,1-2H3;2-5H,1H3/t16-;11-;/m00./s1. The molecule has 0 saturated carbocycles. The molecule has 8 aromatic rings. The number of halogens is 1. The van der Waals surface area contributed by atoms with Crippen LogP contribution in [0.1, 0.15) is 77.3 Å². The van der Waals surface area contributed by atoms with E-state index in [4.69, 9.17) is 9.72 Å². The highest BCUT2D eigenvalue weighted by Gasteiger charge is 2.28. The van der Waals surface area contributed by atoms with Crippen molar-refractivity contribution in [3.63, 3.8) is 0 Å². The van der Waals surface area contributed by atoms with Gasteiger partial charge >= 0.3 is 0 Å². The Morgan fingerprint density at radius 2 is 1.12 bits per heavy atom. The van der Waals surface area contributed by atoms with E-state index < -0.39 is 0 Å². The molecule has 2 fully saturated rings. The maximum absolute atomic E-state index is 9.58. The van der Waals surface area contributed by atoms with E-state index in [1.807, 2.05) is 93.3 Å². The highest BCUT2D eigenvalue weighted by Crippen LogP contribution is 2.31. The molecule has 0 aliphatic carbocycles. The van der Waals surface area contributed by atoms with Gasteiger partial charge in [-0.25, -0.2) is 48.9 Å². The largest absolute Gasteiger partial charge is 0.466 e. The van der Waals surface area contributed by atoms with Crippen molar-refractivity contribution >= 4 is 83.9 Å². The molecular weight excluding hydrogens is 1010 g/mol. The SMILES string of the molecule is CCCc1cnc(N2CCC([C@H](C)O)CC2)nc1.CCCc1cnc(N2CCC([C@H](C)Oc3nn4cc(-c5ccc(SC)nc5)nc4s3)CC2)nc1.CSc1ccc(-c2cn3nc(Br)sc3n2)cn1. The van der Waals surface area contributed by atoms with E-state index in [0.717, 1.165) is 136 Å². The summed E-state index contributed by atoms with van der Waals surface area (Å²) >= 11 is 9.58. The quantitative estimate of drug-likeness (QED) is 0.102. The van der Waals surface area contributed by atoms with Gasteiger partial charge in [0.25, 0.3) is 5.19 Å². The molecule has 8 aromatic heterocycles. The summed E-state index contributed by atoms with van der Waals surface area (Å²) in [7, 11) is 0. The van der Waals surface area contributed by atoms with Gasteiger partial charge in [-0.2, -0.15) is 0 Å². The van der Waals surface area contributed by atoms with Crippen LogP contribution in [0, 0.1) is 11.8 Å². The van der Waals surface area contributed by atoms with Crippen molar-refractivity contribution in [3.05, 3.63) is 88.9 Å². The highest BCUT2D eigenvalue weighted by atomic mass is 79.9. The van der Waals surface area contributed by atoms with Gasteiger partial charge in [0.1, 0.15) is 6.10 Å². The number of thioether (sulfide) groups is 2. The van der Waals surface area contributed by atoms with Gasteiger partial charge in [0.05, 0.1) is 39.9 Å². The number of hydrogen-bond acceptors (Lipinski definition) is 18. The molecule has 364 valence electrons. The molecule has 16 nitrogen and oxygen atoms in total. The summed E-state index contributed by atoms with van der Waals surface area (Å²) in [4.78, 5) is 42.2. The third-order valence-corrected chi connectivity index (χ3v) is 15.8. The fraction of sp³-hybridized carbons (Fsp3) is 0.458. The number of fused-ring (bicyclic) bond motifs is 2. The summed E-state index contributed by atoms with van der Waals surface area (Å²) in [5.74, 6) is 2.57. The van der Waals surface area contributed by atoms with Crippen LogP contribution in [0.4, 0.5) is 11.9 Å². The molecule has 2 atom stereocenters. The summed E-state index contributed by atoms with van der Waals surface area (Å²) < 4.78 is 10.6. The summed E-state index contributed by atoms with van der Waals surface area (Å²) in [5, 5.41) is 21.1. The van der Waals surface area contributed by atoms with Crippen molar-refractivity contribution in [2.75, 3.05) is 48.5 Å². The van der Waals surface area contributed by atoms with E-state index in [-0.39, 0.29) is 12.2 Å². The molecule has 2 aliphatic rings. The smallest absolute Gasteiger partial charge is 0.294 e. The molecule has 10 heterocycles. The first-order chi connectivity index (χ1) is 33.6. The number of rotatable bonds is 14. The van der Waals surface area contributed by atoms with Crippen LogP contribution in [0.15, 0.2) is 87.8 Å². The minimum absolute atomic E-state index is 0.0913. The molecule has 1 N–H and O–H groups in total. The molecule has 2 aliphatic heterocycles. The first-order valence-corrected chi connectivity index (χ1v) is 28.3. The lowest BCUT2D eigenvalue weighted by molar-refractivity contribution is 0.109. The van der Waals surface area contributed by atoms with E-state index in [9.17, 15) is 5.11 Å². The molecule has 0 unspecified atom stereocenters. The second kappa shape index (κ2) is 24.4. The van der Waals surface area contributed by atoms with Crippen LogP contribution in [-0.4, -0.2) is 115 Å². The van der Waals surface area contributed by atoms with Crippen molar-refractivity contribution in [1.82, 2.24) is 59.1 Å². The second-order valence-electron chi connectivity index (χ2n) is 17.1. The van der Waals surface area contributed by atoms with Gasteiger partial charge in [-0.05, 0) is 139 Å². The highest BCUT2D eigenvalue weighted by molar-refractivity contribution is 9.11. The van der Waals surface area contributed by atoms with Crippen LogP contribution < -0.4 is 14.5 Å². The molecule has 69 heavy (non-hydrogen) atoms. The summed E-state index contributed by atoms with van der Waals surface area (Å²) in [5.41, 5.74) is 6.18. The first-order valence-electron chi connectivity index (χ1n) is 23.4. The van der Waals surface area contributed by atoms with Gasteiger partial charge in [0, 0.05) is 74.5 Å². The van der Waals surface area contributed by atoms with E-state index in [1.54, 1.807) is 32.6 Å². The third kappa shape index (κ3) is 13.3. The minimum Gasteiger partial charge on any atom is -0.466 e. The molecule has 0 radical (unpaired) electrons. The topological polar surface area (TPSA) is 174 Å². The zero-order valence-electron chi connectivity index (χ0n) is 39.9. The lowest BCUT2D eigenvalue weighted by Crippen LogP contribution is -2.39. The summed E-state index contributed by atoms with van der Waals surface area (Å²) in [6, 6.07) is 8.08. The van der Waals surface area contributed by atoms with Crippen molar-refractivity contribution in [2.45, 2.75) is 101 Å². The number of imidazole rings is 2. The Morgan fingerprint density at radius 1 is 0.652 bits per heavy atom. The maximum Gasteiger partial charge on any atom is 0.294 e. The number of aryl methyl sites for hydroxylation is 2. The number of pyridine rings is 2. The van der Waals surface area contributed by atoms with E-state index in [1.165, 1.54) is 33.8 Å². The monoisotopic (exact) mass is 1070 g/mol. The van der Waals surface area contributed by atoms with Gasteiger partial charge in [-0.15, -0.1) is 33.7 Å². The lowest BCUT2D eigenvalue weighted by atomic mass is 9.92. The van der Waals surface area contributed by atoms with Gasteiger partial charge in [-0.3, -0.25) is 0 Å². The minimum atomic E-state index is -0.194. The van der Waals surface area contributed by atoms with Gasteiger partial charge < -0.3 is 19.6 Å². The van der Waals surface area contributed by atoms with E-state index >= 15 is 0 Å². The Morgan fingerprint density at radius 3 is 1.52 bits per heavy atom. The molecule has 0 amide bonds. The van der Waals surface area contributed by atoms with Gasteiger partial charge in [0.2, 0.25) is 21.8 Å². The third-order valence-electron chi connectivity index (χ3n) is 12.3. The molecular formula is C48H59BrN14O2S4. The Balaban J connectivity index is 0.000000154. The molecule has 0 spiro atoms. The zero-order chi connectivity index (χ0) is 48.3. The predicted octanol–water partition coefficient (Wildman–Crippen LogP) is 10.4. The Labute approximate surface area is 428 Å². The Hall–Kier alpha value is -4.80. The molecule has 2 saturated heterocycles. The van der Waals surface area contributed by atoms with Crippen LogP contribution in [0.5, 0.6) is 5.19 Å². The number of hydrogen-bond donors (Lipinski definition) is 1. The first kappa shape index (κ1) is 50.6. The summed E-state index contributed by atoms with van der Waals surface area (Å²) in [6.07, 6.45) is 27.7. The molecule has 0 aromatic carbocycles. The number of nitrogens with zero attached hydrogens (tertiary/aromatic N) is 14. The number of aliphatic hydroxyl groups is 1. The van der Waals surface area contributed by atoms with Crippen molar-refractivity contribution in [3.8, 4) is 27.7 Å². The average Bonchev–Trinajstić information content (AvgIpc) is 4.16. The fourth-order valence-electron chi connectivity index (χ4n) is 8.25. The van der Waals surface area contributed by atoms with Crippen LogP contribution in [-0.2, 0) is 12.8 Å². The molecule has 0 bridgehead atoms. The van der Waals surface area contributed by atoms with E-state index in [0.29, 0.717) is 17.0 Å². The lowest BCUT2D eigenvalue weighted by Gasteiger charge is -2.34. The normalized spacial score (nSPS) is 15.4. The zero-order valence-corrected chi connectivity index (χ0v) is 44.7. The van der Waals surface area contributed by atoms with Crippen LogP contribution in [0.2, 0.25) is 0 Å². The van der Waals surface area contributed by atoms with Crippen LogP contribution >= 0.6 is 62.1 Å². The van der Waals surface area contributed by atoms with Crippen LogP contribution in [0.3, 0.4) is 0 Å². The second-order valence-corrected chi connectivity index (χ2v) is 21.9. The number of aromatic nitrogens is 12. The Kier molecular flexibility index (Phi) is 17.9. The Bertz CT molecular complexity index is 2740. The van der Waals surface area contributed by atoms with Crippen LogP contribution in [0.25, 0.3) is 32.4 Å². The van der Waals surface area contributed by atoms with Gasteiger partial charge in [0.15, 0.2) is 3.92 Å². The fourth-order valence-corrected chi connectivity index (χ4v) is 11.0. The van der Waals surface area contributed by atoms with Gasteiger partial charge in [-0.1, -0.05) is 38.0 Å². The molecule has 21 heteroatoms. The van der Waals surface area contributed by atoms with Crippen molar-refractivity contribution < 1.29 is 9.84 Å². The average molecular weight is 1070 g/mol. The number of aliphatic hydroxyl groups excluding tert-OH is 1. The van der Waals surface area contributed by atoms with Crippen molar-refractivity contribution in [1.29, 1.82) is 0 Å². The number of ether oxygens (including phenoxy) is 1.